The number of benzene rings is 3. The van der Waals surface area contributed by atoms with Crippen LogP contribution in [-0.2, 0) is 19.6 Å². The van der Waals surface area contributed by atoms with E-state index in [1.807, 2.05) is 30.3 Å². The Balaban J connectivity index is 1.80. The highest BCUT2D eigenvalue weighted by Gasteiger charge is 2.16. The smallest absolute Gasteiger partial charge is 0.332 e. The van der Waals surface area contributed by atoms with Crippen molar-refractivity contribution in [1.82, 2.24) is 14.5 Å². The maximum Gasteiger partial charge on any atom is 0.332 e. The number of nitrogens with one attached hydrogen (secondary N) is 1. The second-order valence-corrected chi connectivity index (χ2v) is 7.56. The summed E-state index contributed by atoms with van der Waals surface area (Å²) in [6.45, 7) is 3.87. The number of nitrogens with zero attached hydrogens (tertiary/aromatic N) is 2. The lowest BCUT2D eigenvalue weighted by molar-refractivity contribution is 0.0951. The van der Waals surface area contributed by atoms with Gasteiger partial charge in [0.05, 0.1) is 17.4 Å². The van der Waals surface area contributed by atoms with Gasteiger partial charge in [0.15, 0.2) is 0 Å². The number of fused-ring (bicyclic) bond motifs is 1. The first kappa shape index (κ1) is 22.0. The molecule has 6 nitrogen and oxygen atoms in total. The van der Waals surface area contributed by atoms with E-state index in [0.29, 0.717) is 17.7 Å². The molecule has 0 atom stereocenters. The molecule has 0 aliphatic rings. The third-order valence-electron chi connectivity index (χ3n) is 5.38. The predicted octanol–water partition coefficient (Wildman–Crippen LogP) is 3.47. The molecule has 4 aromatic rings. The fraction of sp³-hybridized carbons (Fsp3) is 0.115. The summed E-state index contributed by atoms with van der Waals surface area (Å²) in [5.41, 5.74) is 0.703. The lowest BCUT2D eigenvalue weighted by atomic mass is 10.1. The van der Waals surface area contributed by atoms with Crippen molar-refractivity contribution in [2.45, 2.75) is 19.6 Å². The standard InChI is InChI=1S/C26H22FN3O3/c1-2-14-29-25(32)21-13-12-19(24(31)28-16-18-8-4-3-5-9-18)15-23(21)30(26(29)33)17-20-10-6-7-11-22(20)27/h2-13,15H,1,14,16-17H2,(H,28,31). The Morgan fingerprint density at radius 2 is 1.70 bits per heavy atom. The number of hydrogen-bond acceptors (Lipinski definition) is 3. The van der Waals surface area contributed by atoms with Gasteiger partial charge in [0.2, 0.25) is 0 Å². The first-order valence-corrected chi connectivity index (χ1v) is 10.4. The average Bonchev–Trinajstić information content (AvgIpc) is 2.84. The van der Waals surface area contributed by atoms with Gasteiger partial charge in [-0.25, -0.2) is 9.18 Å². The predicted molar refractivity (Wildman–Crippen MR) is 126 cm³/mol. The Kier molecular flexibility index (Phi) is 6.31. The van der Waals surface area contributed by atoms with E-state index in [1.165, 1.54) is 28.8 Å². The lowest BCUT2D eigenvalue weighted by Gasteiger charge is -2.15. The Morgan fingerprint density at radius 3 is 2.42 bits per heavy atom. The topological polar surface area (TPSA) is 73.1 Å². The van der Waals surface area contributed by atoms with Crippen LogP contribution in [0.3, 0.4) is 0 Å². The third-order valence-corrected chi connectivity index (χ3v) is 5.38. The Morgan fingerprint density at radius 1 is 0.970 bits per heavy atom. The molecule has 0 unspecified atom stereocenters. The van der Waals surface area contributed by atoms with Gasteiger partial charge in [0.1, 0.15) is 5.82 Å². The van der Waals surface area contributed by atoms with E-state index in [2.05, 4.69) is 11.9 Å². The fourth-order valence-electron chi connectivity index (χ4n) is 3.68. The highest BCUT2D eigenvalue weighted by Crippen LogP contribution is 2.15. The zero-order chi connectivity index (χ0) is 23.4. The van der Waals surface area contributed by atoms with Crippen molar-refractivity contribution in [2.75, 3.05) is 0 Å². The van der Waals surface area contributed by atoms with E-state index in [4.69, 9.17) is 0 Å². The Bertz CT molecular complexity index is 1460. The van der Waals surface area contributed by atoms with Crippen molar-refractivity contribution in [1.29, 1.82) is 0 Å². The summed E-state index contributed by atoms with van der Waals surface area (Å²) in [6, 6.07) is 20.1. The molecule has 1 N–H and O–H groups in total. The zero-order valence-corrected chi connectivity index (χ0v) is 17.8. The summed E-state index contributed by atoms with van der Waals surface area (Å²) >= 11 is 0. The van der Waals surface area contributed by atoms with Crippen LogP contribution in [0.15, 0.2) is 95.0 Å². The molecule has 4 rings (SSSR count). The van der Waals surface area contributed by atoms with Gasteiger partial charge in [0.25, 0.3) is 11.5 Å². The van der Waals surface area contributed by atoms with Crippen LogP contribution in [0.1, 0.15) is 21.5 Å². The molecule has 1 amide bonds. The van der Waals surface area contributed by atoms with E-state index >= 15 is 0 Å². The van der Waals surface area contributed by atoms with Crippen LogP contribution in [0.2, 0.25) is 0 Å². The van der Waals surface area contributed by atoms with Crippen LogP contribution < -0.4 is 16.6 Å². The highest BCUT2D eigenvalue weighted by atomic mass is 19.1. The van der Waals surface area contributed by atoms with Gasteiger partial charge in [-0.05, 0) is 29.8 Å². The molecule has 1 heterocycles. The van der Waals surface area contributed by atoms with E-state index in [9.17, 15) is 18.8 Å². The zero-order valence-electron chi connectivity index (χ0n) is 17.8. The van der Waals surface area contributed by atoms with E-state index in [0.717, 1.165) is 10.1 Å². The minimum Gasteiger partial charge on any atom is -0.348 e. The van der Waals surface area contributed by atoms with Crippen molar-refractivity contribution < 1.29 is 9.18 Å². The minimum atomic E-state index is -0.600. The molecule has 166 valence electrons. The van der Waals surface area contributed by atoms with Crippen molar-refractivity contribution in [2.24, 2.45) is 0 Å². The molecule has 3 aromatic carbocycles. The molecule has 0 spiro atoms. The number of carbonyl (C=O) groups excluding carboxylic acids is 1. The fourth-order valence-corrected chi connectivity index (χ4v) is 3.68. The second-order valence-electron chi connectivity index (χ2n) is 7.56. The SMILES string of the molecule is C=CCn1c(=O)c2ccc(C(=O)NCc3ccccc3)cc2n(Cc2ccccc2F)c1=O. The number of allylic oxidation sites excluding steroid dienone is 1. The molecule has 0 fully saturated rings. The molecular weight excluding hydrogens is 421 g/mol. The third kappa shape index (κ3) is 4.52. The number of amides is 1. The molecule has 1 aromatic heterocycles. The van der Waals surface area contributed by atoms with Crippen LogP contribution in [0.5, 0.6) is 0 Å². The molecule has 0 radical (unpaired) electrons. The second kappa shape index (κ2) is 9.48. The van der Waals surface area contributed by atoms with E-state index in [-0.39, 0.29) is 29.9 Å². The summed E-state index contributed by atoms with van der Waals surface area (Å²) in [6.07, 6.45) is 1.45. The van der Waals surface area contributed by atoms with Crippen molar-refractivity contribution in [3.63, 3.8) is 0 Å². The van der Waals surface area contributed by atoms with Gasteiger partial charge >= 0.3 is 5.69 Å². The maximum atomic E-state index is 14.3. The van der Waals surface area contributed by atoms with Crippen molar-refractivity contribution in [3.05, 3.63) is 129 Å². The van der Waals surface area contributed by atoms with Crippen LogP contribution in [-0.4, -0.2) is 15.0 Å². The Labute approximate surface area is 189 Å². The van der Waals surface area contributed by atoms with Gasteiger partial charge in [0, 0.05) is 24.2 Å². The summed E-state index contributed by atoms with van der Waals surface area (Å²) in [5.74, 6) is -0.809. The number of hydrogen-bond donors (Lipinski definition) is 1. The maximum absolute atomic E-state index is 14.3. The van der Waals surface area contributed by atoms with E-state index < -0.39 is 17.1 Å². The first-order valence-electron chi connectivity index (χ1n) is 10.4. The normalized spacial score (nSPS) is 10.8. The van der Waals surface area contributed by atoms with Crippen LogP contribution in [0, 0.1) is 5.82 Å². The summed E-state index contributed by atoms with van der Waals surface area (Å²) in [5, 5.41) is 3.09. The highest BCUT2D eigenvalue weighted by molar-refractivity contribution is 5.97. The molecule has 7 heteroatoms. The largest absolute Gasteiger partial charge is 0.348 e. The van der Waals surface area contributed by atoms with Gasteiger partial charge in [-0.2, -0.15) is 0 Å². The minimum absolute atomic E-state index is 0.0180. The summed E-state index contributed by atoms with van der Waals surface area (Å²) < 4.78 is 16.7. The first-order chi connectivity index (χ1) is 16.0. The number of halogens is 1. The van der Waals surface area contributed by atoms with Crippen LogP contribution in [0.4, 0.5) is 4.39 Å². The molecule has 0 aliphatic carbocycles. The monoisotopic (exact) mass is 443 g/mol. The molecule has 0 saturated carbocycles. The van der Waals surface area contributed by atoms with Gasteiger partial charge in [-0.3, -0.25) is 18.7 Å². The lowest BCUT2D eigenvalue weighted by Crippen LogP contribution is -2.40. The summed E-state index contributed by atoms with van der Waals surface area (Å²) in [4.78, 5) is 38.9. The Hall–Kier alpha value is -4.26. The molecular formula is C26H22FN3O3. The number of carbonyl (C=O) groups is 1. The van der Waals surface area contributed by atoms with Gasteiger partial charge in [-0.1, -0.05) is 54.6 Å². The summed E-state index contributed by atoms with van der Waals surface area (Å²) in [7, 11) is 0. The molecule has 0 aliphatic heterocycles. The van der Waals surface area contributed by atoms with Crippen LogP contribution in [0.25, 0.3) is 10.9 Å². The van der Waals surface area contributed by atoms with Crippen molar-refractivity contribution >= 4 is 16.8 Å². The van der Waals surface area contributed by atoms with Gasteiger partial charge < -0.3 is 5.32 Å². The molecule has 0 bridgehead atoms. The van der Waals surface area contributed by atoms with Gasteiger partial charge in [-0.15, -0.1) is 6.58 Å². The molecule has 33 heavy (non-hydrogen) atoms. The average molecular weight is 443 g/mol. The number of rotatable bonds is 7. The van der Waals surface area contributed by atoms with Crippen LogP contribution >= 0.6 is 0 Å². The molecule has 0 saturated heterocycles. The number of aromatic nitrogens is 2. The van der Waals surface area contributed by atoms with Crippen molar-refractivity contribution in [3.8, 4) is 0 Å². The quantitative estimate of drug-likeness (QED) is 0.445. The van der Waals surface area contributed by atoms with E-state index in [1.54, 1.807) is 24.3 Å².